The van der Waals surface area contributed by atoms with E-state index in [0.29, 0.717) is 17.0 Å². The van der Waals surface area contributed by atoms with Crippen molar-refractivity contribution in [1.29, 1.82) is 0 Å². The van der Waals surface area contributed by atoms with Crippen molar-refractivity contribution < 1.29 is 18.4 Å². The Kier molecular flexibility index (Phi) is 4.84. The fraction of sp³-hybridized carbons (Fsp3) is 0.417. The molecule has 1 saturated carbocycles. The predicted octanol–water partition coefficient (Wildman–Crippen LogP) is 4.63. The van der Waals surface area contributed by atoms with Crippen molar-refractivity contribution in [3.63, 3.8) is 0 Å². The average molecular weight is 423 g/mol. The molecule has 3 heterocycles. The lowest BCUT2D eigenvalue weighted by Gasteiger charge is -2.44. The molecule has 6 nitrogen and oxygen atoms in total. The van der Waals surface area contributed by atoms with Crippen LogP contribution in [0.5, 0.6) is 0 Å². The van der Waals surface area contributed by atoms with E-state index in [4.69, 9.17) is 4.42 Å². The number of halogens is 1. The Bertz CT molecular complexity index is 1140. The summed E-state index contributed by atoms with van der Waals surface area (Å²) in [5, 5.41) is 3.21. The highest BCUT2D eigenvalue weighted by atomic mass is 19.1. The zero-order chi connectivity index (χ0) is 21.6. The molecule has 7 heteroatoms. The second-order valence-corrected chi connectivity index (χ2v) is 8.84. The molecule has 1 aliphatic heterocycles. The van der Waals surface area contributed by atoms with Crippen molar-refractivity contribution in [1.82, 2.24) is 9.88 Å². The van der Waals surface area contributed by atoms with Gasteiger partial charge in [0.05, 0.1) is 18.3 Å². The van der Waals surface area contributed by atoms with Crippen LogP contribution in [0.25, 0.3) is 11.1 Å². The fourth-order valence-corrected chi connectivity index (χ4v) is 5.00. The number of furan rings is 1. The van der Waals surface area contributed by atoms with E-state index in [1.807, 2.05) is 4.57 Å². The van der Waals surface area contributed by atoms with Crippen LogP contribution in [0.15, 0.2) is 47.1 Å². The Morgan fingerprint density at radius 3 is 2.68 bits per heavy atom. The number of amides is 2. The number of aromatic nitrogens is 1. The summed E-state index contributed by atoms with van der Waals surface area (Å²) < 4.78 is 21.4. The molecule has 2 aliphatic rings. The lowest BCUT2D eigenvalue weighted by molar-refractivity contribution is -0.127. The highest BCUT2D eigenvalue weighted by Gasteiger charge is 2.49. The Morgan fingerprint density at radius 2 is 1.94 bits per heavy atom. The number of rotatable bonds is 3. The van der Waals surface area contributed by atoms with Crippen LogP contribution in [0.2, 0.25) is 0 Å². The third-order valence-electron chi connectivity index (χ3n) is 6.65. The Labute approximate surface area is 180 Å². The Balaban J connectivity index is 1.58. The third-order valence-corrected chi connectivity index (χ3v) is 6.65. The zero-order valence-electron chi connectivity index (χ0n) is 17.6. The van der Waals surface area contributed by atoms with Gasteiger partial charge in [0.2, 0.25) is 5.91 Å². The molecular weight excluding hydrogens is 397 g/mol. The van der Waals surface area contributed by atoms with Gasteiger partial charge in [0.25, 0.3) is 5.91 Å². The van der Waals surface area contributed by atoms with Gasteiger partial charge in [-0.25, -0.2) is 4.39 Å². The first-order valence-electron chi connectivity index (χ1n) is 11.0. The van der Waals surface area contributed by atoms with Crippen molar-refractivity contribution in [3.8, 4) is 0 Å². The molecule has 1 fully saturated rings. The maximum Gasteiger partial charge on any atom is 0.276 e. The monoisotopic (exact) mass is 423 g/mol. The summed E-state index contributed by atoms with van der Waals surface area (Å²) in [6, 6.07) is 9.44. The van der Waals surface area contributed by atoms with Gasteiger partial charge in [-0.05, 0) is 38.0 Å². The van der Waals surface area contributed by atoms with Gasteiger partial charge in [-0.3, -0.25) is 14.5 Å². The number of fused-ring (bicyclic) bond motifs is 3. The quantitative estimate of drug-likeness (QED) is 0.625. The normalized spacial score (nSPS) is 22.4. The van der Waals surface area contributed by atoms with Crippen LogP contribution in [0, 0.1) is 5.82 Å². The van der Waals surface area contributed by atoms with E-state index in [1.165, 1.54) is 29.9 Å². The van der Waals surface area contributed by atoms with Crippen LogP contribution in [0.4, 0.5) is 10.1 Å². The minimum Gasteiger partial charge on any atom is -0.463 e. The molecule has 0 bridgehead atoms. The lowest BCUT2D eigenvalue weighted by Crippen LogP contribution is -2.65. The van der Waals surface area contributed by atoms with Crippen LogP contribution in [0.1, 0.15) is 55.9 Å². The number of hydrogen-bond acceptors (Lipinski definition) is 3. The van der Waals surface area contributed by atoms with Crippen LogP contribution in [0.3, 0.4) is 0 Å². The van der Waals surface area contributed by atoms with E-state index in [-0.39, 0.29) is 24.4 Å². The van der Waals surface area contributed by atoms with Gasteiger partial charge in [0, 0.05) is 23.9 Å². The van der Waals surface area contributed by atoms with Gasteiger partial charge in [-0.1, -0.05) is 31.7 Å². The number of hydrogen-bond donors (Lipinski definition) is 1. The van der Waals surface area contributed by atoms with Crippen molar-refractivity contribution >= 4 is 28.6 Å². The summed E-state index contributed by atoms with van der Waals surface area (Å²) in [7, 11) is 0. The highest BCUT2D eigenvalue weighted by Crippen LogP contribution is 2.36. The smallest absolute Gasteiger partial charge is 0.276 e. The standard InChI is InChI=1S/C24H26FN3O3/c1-24(23(30)26-17-8-4-2-3-5-9-17)15-27-19-11-12-31-21(19)14-20(27)22(29)28(24)18-10-6-7-16(25)13-18/h6-7,10-14,17H,2-5,8-9,15H2,1H3,(H,26,30)/t24-/m1/s1. The summed E-state index contributed by atoms with van der Waals surface area (Å²) in [5.41, 5.74) is 0.950. The summed E-state index contributed by atoms with van der Waals surface area (Å²) in [4.78, 5) is 28.8. The summed E-state index contributed by atoms with van der Waals surface area (Å²) >= 11 is 0. The van der Waals surface area contributed by atoms with Crippen LogP contribution in [-0.4, -0.2) is 28.0 Å². The van der Waals surface area contributed by atoms with Gasteiger partial charge in [-0.15, -0.1) is 0 Å². The fourth-order valence-electron chi connectivity index (χ4n) is 5.00. The molecule has 2 amide bonds. The van der Waals surface area contributed by atoms with Crippen molar-refractivity contribution in [2.45, 2.75) is 63.6 Å². The topological polar surface area (TPSA) is 67.5 Å². The SMILES string of the molecule is C[C@]1(C(=O)NC2CCCCCC2)Cn2c(cc3occc32)C(=O)N1c1cccc(F)c1. The first-order valence-corrected chi connectivity index (χ1v) is 11.0. The second kappa shape index (κ2) is 7.55. The number of carbonyl (C=O) groups is 2. The maximum absolute atomic E-state index is 14.1. The second-order valence-electron chi connectivity index (χ2n) is 8.84. The first kappa shape index (κ1) is 19.8. The van der Waals surface area contributed by atoms with E-state index in [1.54, 1.807) is 37.5 Å². The molecular formula is C24H26FN3O3. The molecule has 1 aliphatic carbocycles. The largest absolute Gasteiger partial charge is 0.463 e. The Morgan fingerprint density at radius 1 is 1.16 bits per heavy atom. The third kappa shape index (κ3) is 3.32. The molecule has 2 aromatic heterocycles. The van der Waals surface area contributed by atoms with Crippen molar-refractivity contribution in [2.24, 2.45) is 0 Å². The molecule has 1 N–H and O–H groups in total. The van der Waals surface area contributed by atoms with E-state index < -0.39 is 11.4 Å². The molecule has 0 radical (unpaired) electrons. The summed E-state index contributed by atoms with van der Waals surface area (Å²) in [6.45, 7) is 2.02. The van der Waals surface area contributed by atoms with Crippen LogP contribution in [-0.2, 0) is 11.3 Å². The van der Waals surface area contributed by atoms with Crippen LogP contribution < -0.4 is 10.2 Å². The van der Waals surface area contributed by atoms with E-state index in [9.17, 15) is 14.0 Å². The first-order chi connectivity index (χ1) is 15.0. The lowest BCUT2D eigenvalue weighted by atomic mass is 9.92. The van der Waals surface area contributed by atoms with Gasteiger partial charge < -0.3 is 14.3 Å². The summed E-state index contributed by atoms with van der Waals surface area (Å²) in [6.07, 6.45) is 8.00. The number of benzene rings is 1. The molecule has 3 aromatic rings. The molecule has 1 atom stereocenters. The predicted molar refractivity (Wildman–Crippen MR) is 115 cm³/mol. The van der Waals surface area contributed by atoms with Gasteiger partial charge in [0.1, 0.15) is 17.1 Å². The molecule has 0 unspecified atom stereocenters. The van der Waals surface area contributed by atoms with E-state index >= 15 is 0 Å². The maximum atomic E-state index is 14.1. The molecule has 31 heavy (non-hydrogen) atoms. The van der Waals surface area contributed by atoms with Gasteiger partial charge in [-0.2, -0.15) is 0 Å². The van der Waals surface area contributed by atoms with Crippen molar-refractivity contribution in [2.75, 3.05) is 4.90 Å². The van der Waals surface area contributed by atoms with E-state index in [2.05, 4.69) is 5.32 Å². The minimum absolute atomic E-state index is 0.0938. The number of nitrogens with one attached hydrogen (secondary N) is 1. The molecule has 0 spiro atoms. The zero-order valence-corrected chi connectivity index (χ0v) is 17.6. The molecule has 1 aromatic carbocycles. The summed E-state index contributed by atoms with van der Waals surface area (Å²) in [5.74, 6) is -1.01. The number of carbonyl (C=O) groups excluding carboxylic acids is 2. The van der Waals surface area contributed by atoms with Gasteiger partial charge >= 0.3 is 0 Å². The highest BCUT2D eigenvalue weighted by molar-refractivity contribution is 6.13. The number of anilines is 1. The molecule has 162 valence electrons. The molecule has 5 rings (SSSR count). The van der Waals surface area contributed by atoms with E-state index in [0.717, 1.165) is 31.2 Å². The molecule has 0 saturated heterocycles. The minimum atomic E-state index is -1.21. The average Bonchev–Trinajstić information content (AvgIpc) is 3.23. The van der Waals surface area contributed by atoms with Gasteiger partial charge in [0.15, 0.2) is 5.58 Å². The van der Waals surface area contributed by atoms with Crippen molar-refractivity contribution in [3.05, 3.63) is 54.2 Å². The Hall–Kier alpha value is -3.09. The van der Waals surface area contributed by atoms with Crippen LogP contribution >= 0.6 is 0 Å². The number of nitrogens with zero attached hydrogens (tertiary/aromatic N) is 2.